The van der Waals surface area contributed by atoms with Gasteiger partial charge >= 0.3 is 0 Å². The molecule has 1 fully saturated rings. The van der Waals surface area contributed by atoms with Crippen LogP contribution >= 0.6 is 23.1 Å². The number of piperidine rings is 1. The fourth-order valence-electron chi connectivity index (χ4n) is 3.37. The Morgan fingerprint density at radius 3 is 3.00 bits per heavy atom. The van der Waals surface area contributed by atoms with E-state index in [4.69, 9.17) is 0 Å². The maximum Gasteiger partial charge on any atom is 0.0649 e. The average molecular weight is 297 g/mol. The van der Waals surface area contributed by atoms with Crippen LogP contribution in [0.4, 0.5) is 0 Å². The molecule has 3 heterocycles. The SMILES string of the molecule is CC1CN(C)CCC1NC1C[C@H](C)Sc2sccc21. The second-order valence-electron chi connectivity index (χ2n) is 6.18. The molecule has 4 atom stereocenters. The van der Waals surface area contributed by atoms with Crippen molar-refractivity contribution in [3.63, 3.8) is 0 Å². The molecule has 2 nitrogen and oxygen atoms in total. The minimum atomic E-state index is 0.577. The van der Waals surface area contributed by atoms with Gasteiger partial charge in [0.2, 0.25) is 0 Å². The molecule has 0 amide bonds. The summed E-state index contributed by atoms with van der Waals surface area (Å²) in [6.45, 7) is 7.21. The van der Waals surface area contributed by atoms with Crippen LogP contribution < -0.4 is 5.32 Å². The molecule has 1 N–H and O–H groups in total. The second-order valence-corrected chi connectivity index (χ2v) is 8.80. The molecule has 0 spiro atoms. The number of fused-ring (bicyclic) bond motifs is 1. The summed E-state index contributed by atoms with van der Waals surface area (Å²) in [7, 11) is 2.24. The smallest absolute Gasteiger partial charge is 0.0649 e. The molecule has 19 heavy (non-hydrogen) atoms. The number of likely N-dealkylation sites (tertiary alicyclic amines) is 1. The van der Waals surface area contributed by atoms with Crippen molar-refractivity contribution < 1.29 is 0 Å². The van der Waals surface area contributed by atoms with E-state index in [1.54, 1.807) is 5.56 Å². The number of hydrogen-bond acceptors (Lipinski definition) is 4. The number of nitrogens with zero attached hydrogens (tertiary/aromatic N) is 1. The fraction of sp³-hybridized carbons (Fsp3) is 0.733. The first-order valence-electron chi connectivity index (χ1n) is 7.32. The number of hydrogen-bond donors (Lipinski definition) is 1. The van der Waals surface area contributed by atoms with E-state index in [1.165, 1.54) is 30.1 Å². The van der Waals surface area contributed by atoms with Crippen LogP contribution in [0.3, 0.4) is 0 Å². The van der Waals surface area contributed by atoms with Crippen LogP contribution in [0.2, 0.25) is 0 Å². The molecule has 106 valence electrons. The van der Waals surface area contributed by atoms with Crippen molar-refractivity contribution in [3.05, 3.63) is 17.0 Å². The van der Waals surface area contributed by atoms with Gasteiger partial charge in [-0.25, -0.2) is 0 Å². The first kappa shape index (κ1) is 13.9. The molecule has 3 rings (SSSR count). The van der Waals surface area contributed by atoms with Gasteiger partial charge in [-0.15, -0.1) is 23.1 Å². The zero-order valence-electron chi connectivity index (χ0n) is 12.1. The van der Waals surface area contributed by atoms with Gasteiger partial charge in [0.25, 0.3) is 0 Å². The van der Waals surface area contributed by atoms with Crippen LogP contribution in [0.1, 0.15) is 38.3 Å². The normalized spacial score (nSPS) is 36.2. The molecule has 3 unspecified atom stereocenters. The summed E-state index contributed by atoms with van der Waals surface area (Å²) >= 11 is 3.97. The molecule has 0 aromatic carbocycles. The van der Waals surface area contributed by atoms with Crippen molar-refractivity contribution >= 4 is 23.1 Å². The molecular formula is C15H24N2S2. The Kier molecular flexibility index (Phi) is 4.22. The summed E-state index contributed by atoms with van der Waals surface area (Å²) in [5.41, 5.74) is 1.55. The van der Waals surface area contributed by atoms with E-state index < -0.39 is 0 Å². The third-order valence-corrected chi connectivity index (χ3v) is 6.78. The standard InChI is InChI=1S/C15H24N2S2/c1-10-9-17(3)6-4-13(10)16-14-8-11(2)19-15-12(14)5-7-18-15/h5,7,10-11,13-14,16H,4,6,8-9H2,1-3H3/t10?,11-,13?,14?/m0/s1. The van der Waals surface area contributed by atoms with Crippen molar-refractivity contribution in [2.75, 3.05) is 20.1 Å². The lowest BCUT2D eigenvalue weighted by Crippen LogP contribution is -2.48. The summed E-state index contributed by atoms with van der Waals surface area (Å²) in [5, 5.41) is 6.96. The maximum atomic E-state index is 3.97. The average Bonchev–Trinajstić information content (AvgIpc) is 2.80. The van der Waals surface area contributed by atoms with Gasteiger partial charge in [0.15, 0.2) is 0 Å². The lowest BCUT2D eigenvalue weighted by atomic mass is 9.92. The Labute approximate surface area is 125 Å². The Morgan fingerprint density at radius 2 is 2.21 bits per heavy atom. The lowest BCUT2D eigenvalue weighted by Gasteiger charge is -2.39. The van der Waals surface area contributed by atoms with E-state index in [1.807, 2.05) is 11.3 Å². The highest BCUT2D eigenvalue weighted by Gasteiger charge is 2.31. The minimum absolute atomic E-state index is 0.577. The van der Waals surface area contributed by atoms with Crippen LogP contribution in [0.15, 0.2) is 15.7 Å². The first-order chi connectivity index (χ1) is 9.13. The summed E-state index contributed by atoms with van der Waals surface area (Å²) in [5.74, 6) is 0.755. The van der Waals surface area contributed by atoms with Gasteiger partial charge in [-0.1, -0.05) is 13.8 Å². The highest BCUT2D eigenvalue weighted by molar-refractivity contribution is 8.01. The number of rotatable bonds is 2. The van der Waals surface area contributed by atoms with Crippen LogP contribution in [0, 0.1) is 5.92 Å². The Morgan fingerprint density at radius 1 is 1.37 bits per heavy atom. The first-order valence-corrected chi connectivity index (χ1v) is 9.08. The summed E-state index contributed by atoms with van der Waals surface area (Å²) in [6.07, 6.45) is 2.56. The zero-order valence-corrected chi connectivity index (χ0v) is 13.7. The summed E-state index contributed by atoms with van der Waals surface area (Å²) in [4.78, 5) is 2.46. The van der Waals surface area contributed by atoms with Crippen molar-refractivity contribution in [1.82, 2.24) is 10.2 Å². The Bertz CT molecular complexity index is 432. The Hall–Kier alpha value is -0.0300. The fourth-order valence-corrected chi connectivity index (χ4v) is 5.93. The van der Waals surface area contributed by atoms with Crippen molar-refractivity contribution in [1.29, 1.82) is 0 Å². The van der Waals surface area contributed by atoms with E-state index in [9.17, 15) is 0 Å². The van der Waals surface area contributed by atoms with Crippen LogP contribution in [0.25, 0.3) is 0 Å². The van der Waals surface area contributed by atoms with Crippen LogP contribution in [0.5, 0.6) is 0 Å². The molecule has 0 saturated carbocycles. The van der Waals surface area contributed by atoms with E-state index in [0.29, 0.717) is 12.1 Å². The van der Waals surface area contributed by atoms with Crippen LogP contribution in [-0.2, 0) is 0 Å². The molecule has 0 radical (unpaired) electrons. The highest BCUT2D eigenvalue weighted by Crippen LogP contribution is 2.44. The molecule has 1 aromatic rings. The quantitative estimate of drug-likeness (QED) is 0.897. The van der Waals surface area contributed by atoms with Gasteiger partial charge in [0, 0.05) is 23.9 Å². The zero-order chi connectivity index (χ0) is 13.4. The van der Waals surface area contributed by atoms with Crippen molar-refractivity contribution in [2.45, 2.75) is 48.2 Å². The predicted molar refractivity (Wildman–Crippen MR) is 85.2 cm³/mol. The monoisotopic (exact) mass is 296 g/mol. The van der Waals surface area contributed by atoms with E-state index in [2.05, 4.69) is 54.3 Å². The van der Waals surface area contributed by atoms with Gasteiger partial charge in [-0.3, -0.25) is 0 Å². The lowest BCUT2D eigenvalue weighted by molar-refractivity contribution is 0.164. The summed E-state index contributed by atoms with van der Waals surface area (Å²) in [6, 6.07) is 3.59. The van der Waals surface area contributed by atoms with Gasteiger partial charge < -0.3 is 10.2 Å². The molecule has 2 aliphatic rings. The second kappa shape index (κ2) is 5.76. The maximum absolute atomic E-state index is 3.97. The number of nitrogens with one attached hydrogen (secondary N) is 1. The van der Waals surface area contributed by atoms with Gasteiger partial charge in [-0.2, -0.15) is 0 Å². The van der Waals surface area contributed by atoms with Gasteiger partial charge in [0.05, 0.1) is 4.21 Å². The topological polar surface area (TPSA) is 15.3 Å². The molecule has 4 heteroatoms. The molecule has 2 aliphatic heterocycles. The van der Waals surface area contributed by atoms with Crippen molar-refractivity contribution in [2.24, 2.45) is 5.92 Å². The molecule has 0 bridgehead atoms. The van der Waals surface area contributed by atoms with E-state index in [-0.39, 0.29) is 0 Å². The van der Waals surface area contributed by atoms with E-state index in [0.717, 1.165) is 11.2 Å². The molecule has 1 saturated heterocycles. The molecule has 0 aliphatic carbocycles. The summed E-state index contributed by atoms with van der Waals surface area (Å²) < 4.78 is 1.54. The van der Waals surface area contributed by atoms with E-state index >= 15 is 0 Å². The van der Waals surface area contributed by atoms with Gasteiger partial charge in [-0.05, 0) is 49.4 Å². The minimum Gasteiger partial charge on any atom is -0.307 e. The molecule has 1 aromatic heterocycles. The third kappa shape index (κ3) is 3.02. The third-order valence-electron chi connectivity index (χ3n) is 4.43. The predicted octanol–water partition coefficient (Wildman–Crippen LogP) is 3.60. The largest absolute Gasteiger partial charge is 0.307 e. The van der Waals surface area contributed by atoms with Crippen LogP contribution in [-0.4, -0.2) is 36.3 Å². The van der Waals surface area contributed by atoms with Crippen molar-refractivity contribution in [3.8, 4) is 0 Å². The Balaban J connectivity index is 1.70. The van der Waals surface area contributed by atoms with Gasteiger partial charge in [0.1, 0.15) is 0 Å². The molecular weight excluding hydrogens is 272 g/mol. The number of thiophene rings is 1. The highest BCUT2D eigenvalue weighted by atomic mass is 32.2. The number of thioether (sulfide) groups is 1.